The van der Waals surface area contributed by atoms with Gasteiger partial charge in [0.05, 0.1) is 17.3 Å². The largest absolute Gasteiger partial charge is 0.416 e. The fraction of sp³-hybridized carbons (Fsp3) is 0.381. The molecule has 2 aromatic rings. The Morgan fingerprint density at radius 1 is 1.35 bits per heavy atom. The number of piperazine rings is 1. The van der Waals surface area contributed by atoms with Crippen molar-refractivity contribution in [2.24, 2.45) is 0 Å². The van der Waals surface area contributed by atoms with Crippen LogP contribution in [-0.4, -0.2) is 46.6 Å². The van der Waals surface area contributed by atoms with Gasteiger partial charge in [0.25, 0.3) is 0 Å². The van der Waals surface area contributed by atoms with Gasteiger partial charge in [-0.1, -0.05) is 11.6 Å². The molecule has 0 radical (unpaired) electrons. The summed E-state index contributed by atoms with van der Waals surface area (Å²) in [5, 5.41) is 9.32. The van der Waals surface area contributed by atoms with Gasteiger partial charge in [-0.3, -0.25) is 9.88 Å². The molecule has 1 aliphatic heterocycles. The molecule has 3 rings (SSSR count). The monoisotopic (exact) mass is 452 g/mol. The summed E-state index contributed by atoms with van der Waals surface area (Å²) in [5.41, 5.74) is 0.202. The number of nitrogens with zero attached hydrogens (tertiary/aromatic N) is 4. The van der Waals surface area contributed by atoms with Crippen LogP contribution in [0.25, 0.3) is 0 Å². The van der Waals surface area contributed by atoms with Crippen molar-refractivity contribution >= 4 is 17.7 Å². The lowest BCUT2D eigenvalue weighted by Crippen LogP contribution is -2.54. The molecule has 0 unspecified atom stereocenters. The normalized spacial score (nSPS) is 17.3. The van der Waals surface area contributed by atoms with E-state index in [0.29, 0.717) is 24.2 Å². The van der Waals surface area contributed by atoms with Gasteiger partial charge in [0.15, 0.2) is 5.75 Å². The van der Waals surface area contributed by atoms with Crippen LogP contribution in [0.1, 0.15) is 29.2 Å². The standard InChI is InChI=1S/C21H20ClF3N4O2/c1-13-11-28(12-15-7-17(22)3-4-18(15)21(23,24)25)5-6-29(13)20(30)31-19-10-27-9-16(8-26)14(19)2/h3-4,7,9-10,13H,5-6,11-12H2,1-2H3/t13-/m1/s1. The predicted octanol–water partition coefficient (Wildman–Crippen LogP) is 4.64. The molecule has 1 atom stereocenters. The molecule has 10 heteroatoms. The Morgan fingerprint density at radius 2 is 2.10 bits per heavy atom. The molecule has 31 heavy (non-hydrogen) atoms. The maximum absolute atomic E-state index is 13.3. The number of carbonyl (C=O) groups excluding carboxylic acids is 1. The third kappa shape index (κ3) is 5.27. The summed E-state index contributed by atoms with van der Waals surface area (Å²) in [4.78, 5) is 19.9. The summed E-state index contributed by atoms with van der Waals surface area (Å²) < 4.78 is 45.4. The number of pyridine rings is 1. The van der Waals surface area contributed by atoms with Crippen LogP contribution in [0.15, 0.2) is 30.6 Å². The molecule has 0 bridgehead atoms. The number of hydrogen-bond acceptors (Lipinski definition) is 5. The number of rotatable bonds is 3. The molecule has 1 aromatic carbocycles. The molecule has 0 N–H and O–H groups in total. The average molecular weight is 453 g/mol. The van der Waals surface area contributed by atoms with Crippen molar-refractivity contribution in [2.45, 2.75) is 32.6 Å². The number of carbonyl (C=O) groups is 1. The zero-order valence-corrected chi connectivity index (χ0v) is 17.7. The average Bonchev–Trinajstić information content (AvgIpc) is 2.68. The lowest BCUT2D eigenvalue weighted by molar-refractivity contribution is -0.138. The zero-order chi connectivity index (χ0) is 22.8. The van der Waals surface area contributed by atoms with Gasteiger partial charge in [-0.15, -0.1) is 0 Å². The van der Waals surface area contributed by atoms with E-state index in [1.54, 1.807) is 13.8 Å². The molecular formula is C21H20ClF3N4O2. The third-order valence-electron chi connectivity index (χ3n) is 5.20. The Hall–Kier alpha value is -2.83. The zero-order valence-electron chi connectivity index (χ0n) is 16.9. The second-order valence-corrected chi connectivity index (χ2v) is 7.80. The van der Waals surface area contributed by atoms with Crippen LogP contribution in [0, 0.1) is 18.3 Å². The van der Waals surface area contributed by atoms with E-state index in [1.165, 1.54) is 29.4 Å². The second kappa shape index (κ2) is 9.12. The van der Waals surface area contributed by atoms with E-state index in [1.807, 2.05) is 11.0 Å². The molecule has 0 aliphatic carbocycles. The van der Waals surface area contributed by atoms with Gasteiger partial charge in [-0.25, -0.2) is 4.79 Å². The predicted molar refractivity (Wildman–Crippen MR) is 108 cm³/mol. The SMILES string of the molecule is Cc1c(C#N)cncc1OC(=O)N1CCN(Cc2cc(Cl)ccc2C(F)(F)F)C[C@H]1C. The van der Waals surface area contributed by atoms with Crippen molar-refractivity contribution in [3.8, 4) is 11.8 Å². The van der Waals surface area contributed by atoms with E-state index < -0.39 is 17.8 Å². The number of ether oxygens (including phenoxy) is 1. The van der Waals surface area contributed by atoms with Crippen molar-refractivity contribution in [3.63, 3.8) is 0 Å². The van der Waals surface area contributed by atoms with E-state index >= 15 is 0 Å². The Morgan fingerprint density at radius 3 is 2.74 bits per heavy atom. The molecule has 0 saturated carbocycles. The van der Waals surface area contributed by atoms with Crippen LogP contribution in [0.5, 0.6) is 5.75 Å². The van der Waals surface area contributed by atoms with Crippen molar-refractivity contribution in [1.29, 1.82) is 5.26 Å². The van der Waals surface area contributed by atoms with E-state index in [-0.39, 0.29) is 35.5 Å². The van der Waals surface area contributed by atoms with Crippen LogP contribution in [0.3, 0.4) is 0 Å². The van der Waals surface area contributed by atoms with Gasteiger partial charge in [-0.2, -0.15) is 18.4 Å². The summed E-state index contributed by atoms with van der Waals surface area (Å²) in [5.74, 6) is 0.201. The Labute approximate surface area is 182 Å². The molecule has 6 nitrogen and oxygen atoms in total. The number of alkyl halides is 3. The first kappa shape index (κ1) is 22.8. The number of aromatic nitrogens is 1. The summed E-state index contributed by atoms with van der Waals surface area (Å²) in [6, 6.07) is 5.23. The first-order chi connectivity index (χ1) is 14.6. The molecule has 1 saturated heterocycles. The van der Waals surface area contributed by atoms with Crippen LogP contribution < -0.4 is 4.74 Å². The van der Waals surface area contributed by atoms with Crippen molar-refractivity contribution in [3.05, 3.63) is 57.9 Å². The number of benzene rings is 1. The first-order valence-corrected chi connectivity index (χ1v) is 9.89. The minimum Gasteiger partial charge on any atom is -0.408 e. The third-order valence-corrected chi connectivity index (χ3v) is 5.43. The molecule has 164 valence electrons. The molecule has 1 aliphatic rings. The van der Waals surface area contributed by atoms with Crippen molar-refractivity contribution in [1.82, 2.24) is 14.8 Å². The first-order valence-electron chi connectivity index (χ1n) is 9.51. The molecule has 2 heterocycles. The summed E-state index contributed by atoms with van der Waals surface area (Å²) in [6.45, 7) is 4.55. The number of nitriles is 1. The fourth-order valence-electron chi connectivity index (χ4n) is 3.53. The van der Waals surface area contributed by atoms with Gasteiger partial charge >= 0.3 is 12.3 Å². The highest BCUT2D eigenvalue weighted by molar-refractivity contribution is 6.30. The van der Waals surface area contributed by atoms with Gasteiger partial charge in [-0.05, 0) is 37.6 Å². The maximum Gasteiger partial charge on any atom is 0.416 e. The van der Waals surface area contributed by atoms with Crippen molar-refractivity contribution in [2.75, 3.05) is 19.6 Å². The van der Waals surface area contributed by atoms with E-state index in [9.17, 15) is 18.0 Å². The lowest BCUT2D eigenvalue weighted by Gasteiger charge is -2.39. The van der Waals surface area contributed by atoms with Gasteiger partial charge in [0, 0.05) is 49.0 Å². The topological polar surface area (TPSA) is 69.5 Å². The van der Waals surface area contributed by atoms with E-state index in [2.05, 4.69) is 4.98 Å². The molecule has 1 amide bonds. The van der Waals surface area contributed by atoms with Crippen LogP contribution in [-0.2, 0) is 12.7 Å². The molecule has 0 spiro atoms. The van der Waals surface area contributed by atoms with Crippen LogP contribution >= 0.6 is 11.6 Å². The van der Waals surface area contributed by atoms with E-state index in [4.69, 9.17) is 21.6 Å². The van der Waals surface area contributed by atoms with E-state index in [0.717, 1.165) is 6.07 Å². The Kier molecular flexibility index (Phi) is 6.72. The maximum atomic E-state index is 13.3. The van der Waals surface area contributed by atoms with Gasteiger partial charge in [0.2, 0.25) is 0 Å². The molecule has 1 aromatic heterocycles. The lowest BCUT2D eigenvalue weighted by atomic mass is 10.1. The van der Waals surface area contributed by atoms with Gasteiger partial charge < -0.3 is 9.64 Å². The quantitative estimate of drug-likeness (QED) is 0.678. The Bertz CT molecular complexity index is 1020. The minimum absolute atomic E-state index is 0.0654. The fourth-order valence-corrected chi connectivity index (χ4v) is 3.73. The highest BCUT2D eigenvalue weighted by Gasteiger charge is 2.35. The smallest absolute Gasteiger partial charge is 0.408 e. The highest BCUT2D eigenvalue weighted by Crippen LogP contribution is 2.34. The molecule has 1 fully saturated rings. The Balaban J connectivity index is 1.67. The molecular weight excluding hydrogens is 433 g/mol. The summed E-state index contributed by atoms with van der Waals surface area (Å²) in [6.07, 6.45) is -2.31. The highest BCUT2D eigenvalue weighted by atomic mass is 35.5. The van der Waals surface area contributed by atoms with Crippen molar-refractivity contribution < 1.29 is 22.7 Å². The number of hydrogen-bond donors (Lipinski definition) is 0. The van der Waals surface area contributed by atoms with Crippen LogP contribution in [0.4, 0.5) is 18.0 Å². The second-order valence-electron chi connectivity index (χ2n) is 7.37. The summed E-state index contributed by atoms with van der Waals surface area (Å²) in [7, 11) is 0. The summed E-state index contributed by atoms with van der Waals surface area (Å²) >= 11 is 5.91. The minimum atomic E-state index is -4.47. The number of amides is 1. The van der Waals surface area contributed by atoms with Gasteiger partial charge in [0.1, 0.15) is 6.07 Å². The number of halogens is 4. The van der Waals surface area contributed by atoms with Crippen LogP contribution in [0.2, 0.25) is 5.02 Å².